The van der Waals surface area contributed by atoms with Crippen molar-refractivity contribution in [3.05, 3.63) is 71.4 Å². The molecule has 436 valence electrons. The molecule has 8 amide bonds. The number of hydrogen-bond donors (Lipinski definition) is 13. The molecule has 19 N–H and O–H groups in total. The largest absolute Gasteiger partial charge is 0.416 e. The van der Waals surface area contributed by atoms with Crippen molar-refractivity contribution in [2.75, 3.05) is 19.6 Å². The number of Topliss-reactive ketones (excluding diaryl/α,β-unsaturated/α-hetero) is 2. The summed E-state index contributed by atoms with van der Waals surface area (Å²) in [6.07, 6.45) is -7.43. The Labute approximate surface area is 458 Å². The molecular formula is C52H72F3N15O10. The average Bonchev–Trinajstić information content (AvgIpc) is 3.79. The molecule has 1 aromatic heterocycles. The van der Waals surface area contributed by atoms with Crippen LogP contribution in [-0.2, 0) is 67.0 Å². The molecule has 7 atom stereocenters. The van der Waals surface area contributed by atoms with Crippen molar-refractivity contribution in [3.63, 3.8) is 0 Å². The third-order valence-corrected chi connectivity index (χ3v) is 13.2. The van der Waals surface area contributed by atoms with Gasteiger partial charge in [-0.05, 0) is 81.0 Å². The van der Waals surface area contributed by atoms with Gasteiger partial charge in [0, 0.05) is 87.6 Å². The minimum atomic E-state index is -4.95. The number of benzene rings is 2. The Morgan fingerprint density at radius 1 is 0.725 bits per heavy atom. The molecular weight excluding hydrogens is 1050 g/mol. The molecule has 0 radical (unpaired) electrons. The zero-order valence-electron chi connectivity index (χ0n) is 44.3. The first kappa shape index (κ1) is 63.9. The van der Waals surface area contributed by atoms with Crippen LogP contribution in [0.2, 0.25) is 0 Å². The first-order valence-electron chi connectivity index (χ1n) is 26.0. The summed E-state index contributed by atoms with van der Waals surface area (Å²) in [5.41, 5.74) is 32.9. The van der Waals surface area contributed by atoms with Crippen LogP contribution >= 0.6 is 0 Å². The highest BCUT2D eigenvalue weighted by molar-refractivity contribution is 5.98. The normalized spacial score (nSPS) is 20.9. The van der Waals surface area contributed by atoms with Crippen molar-refractivity contribution >= 4 is 81.6 Å². The smallest absolute Gasteiger partial charge is 0.370 e. The monoisotopic (exact) mass is 1120 g/mol. The van der Waals surface area contributed by atoms with Gasteiger partial charge in [-0.2, -0.15) is 13.2 Å². The maximum atomic E-state index is 14.8. The minimum Gasteiger partial charge on any atom is -0.370 e. The standard InChI is InChI=1S/C52H72F3N15O10/c1-28(71)66-37(15-8-22-64-51(60)61)47(78)69-39-17-19-44(75)62-20-7-14-36(45(57)76)67-46(77)31(23-32-27-65-35-13-5-3-11-33(32)35)26-41(72)30(10-6-21-63-50(58)59)25-42(73)40(24-29-9-2-4-12-34(29)52(53,54)55)70-49(80)38(68-48(39)79)16-18-43(56)74/h2-5,9,11-13,27,30-31,36-40,65H,6-8,10,14-26H2,1H3,(H2,56,74)(H2,57,76)(H,62,75)(H,66,71)(H,67,77)(H,68,79)(H,69,78)(H,70,80)(H4,58,59,63)(H4,60,61,64)/t30-,31-,36+,37+,38+,39+,40-/m1/s1. The van der Waals surface area contributed by atoms with E-state index in [2.05, 4.69) is 46.9 Å². The quantitative estimate of drug-likeness (QED) is 0.0394. The second kappa shape index (κ2) is 31.1. The summed E-state index contributed by atoms with van der Waals surface area (Å²) in [6, 6.07) is 3.46. The van der Waals surface area contributed by atoms with Gasteiger partial charge in [-0.1, -0.05) is 36.4 Å². The molecule has 3 aromatic rings. The Morgan fingerprint density at radius 3 is 2.04 bits per heavy atom. The lowest BCUT2D eigenvalue weighted by molar-refractivity contribution is -0.138. The number of nitrogens with two attached hydrogens (primary N) is 6. The van der Waals surface area contributed by atoms with Crippen molar-refractivity contribution in [1.82, 2.24) is 36.9 Å². The number of carbonyl (C=O) groups excluding carboxylic acids is 10. The van der Waals surface area contributed by atoms with E-state index in [1.165, 1.54) is 6.07 Å². The van der Waals surface area contributed by atoms with Crippen molar-refractivity contribution in [3.8, 4) is 0 Å². The lowest BCUT2D eigenvalue weighted by Gasteiger charge is -2.27. The van der Waals surface area contributed by atoms with Gasteiger partial charge in [0.15, 0.2) is 17.7 Å². The van der Waals surface area contributed by atoms with Crippen molar-refractivity contribution in [1.29, 1.82) is 0 Å². The highest BCUT2D eigenvalue weighted by Crippen LogP contribution is 2.33. The number of aromatic nitrogens is 1. The Balaban J connectivity index is 1.85. The third kappa shape index (κ3) is 21.3. The number of nitrogens with zero attached hydrogens (tertiary/aromatic N) is 2. The predicted octanol–water partition coefficient (Wildman–Crippen LogP) is -0.885. The Kier molecular flexibility index (Phi) is 24.9. The van der Waals surface area contributed by atoms with Crippen LogP contribution in [-0.4, -0.2) is 126 Å². The van der Waals surface area contributed by atoms with E-state index in [4.69, 9.17) is 34.4 Å². The third-order valence-electron chi connectivity index (χ3n) is 13.2. The van der Waals surface area contributed by atoms with E-state index in [0.717, 1.165) is 30.5 Å². The van der Waals surface area contributed by atoms with Gasteiger partial charge in [-0.15, -0.1) is 0 Å². The van der Waals surface area contributed by atoms with Gasteiger partial charge >= 0.3 is 6.18 Å². The number of H-pyrrole nitrogens is 1. The summed E-state index contributed by atoms with van der Waals surface area (Å²) in [6.45, 7) is 1.07. The number of hydrogen-bond acceptors (Lipinski definition) is 12. The van der Waals surface area contributed by atoms with Crippen LogP contribution < -0.4 is 66.3 Å². The van der Waals surface area contributed by atoms with E-state index in [1.54, 1.807) is 30.5 Å². The number of fused-ring (bicyclic) bond motifs is 1. The number of amides is 8. The molecule has 80 heavy (non-hydrogen) atoms. The first-order valence-corrected chi connectivity index (χ1v) is 26.0. The second-order valence-electron chi connectivity index (χ2n) is 19.5. The number of aromatic amines is 1. The summed E-state index contributed by atoms with van der Waals surface area (Å²) < 4.78 is 43.6. The number of rotatable bonds is 19. The van der Waals surface area contributed by atoms with Gasteiger partial charge in [0.2, 0.25) is 47.3 Å². The topological polar surface area (TPSA) is 440 Å². The Hall–Kier alpha value is -8.59. The average molecular weight is 1120 g/mol. The molecule has 0 aliphatic carbocycles. The number of para-hydroxylation sites is 1. The molecule has 1 fully saturated rings. The molecule has 2 heterocycles. The Morgan fingerprint density at radius 2 is 1.38 bits per heavy atom. The number of primary amides is 2. The van der Waals surface area contributed by atoms with Crippen LogP contribution in [0.1, 0.15) is 101 Å². The van der Waals surface area contributed by atoms with E-state index in [1.807, 2.05) is 0 Å². The molecule has 1 aliphatic rings. The summed E-state index contributed by atoms with van der Waals surface area (Å²) in [5, 5.41) is 15.8. The lowest BCUT2D eigenvalue weighted by atomic mass is 9.83. The highest BCUT2D eigenvalue weighted by atomic mass is 19.4. The number of halogens is 3. The van der Waals surface area contributed by atoms with Crippen molar-refractivity contribution < 1.29 is 61.1 Å². The lowest BCUT2D eigenvalue weighted by Crippen LogP contribution is -2.58. The van der Waals surface area contributed by atoms with Crippen LogP contribution in [0.5, 0.6) is 0 Å². The van der Waals surface area contributed by atoms with Gasteiger partial charge in [-0.3, -0.25) is 57.9 Å². The fraction of sp³-hybridized carbons (Fsp3) is 0.500. The van der Waals surface area contributed by atoms with E-state index in [0.29, 0.717) is 11.1 Å². The molecule has 0 bridgehead atoms. The van der Waals surface area contributed by atoms with Crippen molar-refractivity contribution in [2.45, 2.75) is 133 Å². The minimum absolute atomic E-state index is 0.0323. The summed E-state index contributed by atoms with van der Waals surface area (Å²) in [4.78, 5) is 148. The number of ketones is 2. The van der Waals surface area contributed by atoms with Gasteiger partial charge in [0.05, 0.1) is 11.6 Å². The molecule has 0 spiro atoms. The second-order valence-corrected chi connectivity index (χ2v) is 19.5. The summed E-state index contributed by atoms with van der Waals surface area (Å²) in [7, 11) is 0. The van der Waals surface area contributed by atoms with Gasteiger partial charge < -0.3 is 71.3 Å². The molecule has 28 heteroatoms. The van der Waals surface area contributed by atoms with Crippen LogP contribution in [0, 0.1) is 11.8 Å². The van der Waals surface area contributed by atoms with Crippen LogP contribution in [0.3, 0.4) is 0 Å². The maximum Gasteiger partial charge on any atom is 0.416 e. The molecule has 0 saturated carbocycles. The number of aliphatic imine (C=N–C) groups is 2. The van der Waals surface area contributed by atoms with Crippen LogP contribution in [0.4, 0.5) is 13.2 Å². The fourth-order valence-corrected chi connectivity index (χ4v) is 9.11. The molecule has 1 aliphatic heterocycles. The fourth-order valence-electron chi connectivity index (χ4n) is 9.11. The van der Waals surface area contributed by atoms with Crippen LogP contribution in [0.25, 0.3) is 10.9 Å². The predicted molar refractivity (Wildman–Crippen MR) is 288 cm³/mol. The van der Waals surface area contributed by atoms with E-state index in [9.17, 15) is 61.1 Å². The summed E-state index contributed by atoms with van der Waals surface area (Å²) >= 11 is 0. The first-order chi connectivity index (χ1) is 37.8. The SMILES string of the molecule is CC(=O)N[C@@H](CCCN=C(N)N)C(=O)N[C@H]1CCC(=O)NCCC[C@@H](C(N)=O)NC(=O)[C@H](Cc2c[nH]c3ccccc23)CC(=O)[C@H](CCCN=C(N)N)CC(=O)[C@@H](Cc2ccccc2C(F)(F)F)NC(=O)[C@H](CCC(N)=O)NC1=O. The zero-order valence-corrected chi connectivity index (χ0v) is 44.3. The van der Waals surface area contributed by atoms with Gasteiger partial charge in [0.1, 0.15) is 30.0 Å². The maximum absolute atomic E-state index is 14.8. The number of guanidine groups is 2. The number of carbonyl (C=O) groups is 10. The highest BCUT2D eigenvalue weighted by Gasteiger charge is 2.38. The van der Waals surface area contributed by atoms with Gasteiger partial charge in [0.25, 0.3) is 0 Å². The molecule has 1 saturated heterocycles. The van der Waals surface area contributed by atoms with Crippen molar-refractivity contribution in [2.24, 2.45) is 56.2 Å². The molecule has 2 aromatic carbocycles. The van der Waals surface area contributed by atoms with Gasteiger partial charge in [-0.25, -0.2) is 0 Å². The van der Waals surface area contributed by atoms with E-state index < -0.39 is 163 Å². The number of alkyl halides is 3. The summed E-state index contributed by atoms with van der Waals surface area (Å²) in [5.74, 6) is -11.8. The van der Waals surface area contributed by atoms with Crippen LogP contribution in [0.15, 0.2) is 64.7 Å². The zero-order chi connectivity index (χ0) is 59.1. The molecule has 0 unspecified atom stereocenters. The Bertz CT molecular complexity index is 2760. The van der Waals surface area contributed by atoms with E-state index >= 15 is 0 Å². The molecule has 4 rings (SSSR count). The number of nitrogens with one attached hydrogen (secondary N) is 7. The molecule has 25 nitrogen and oxygen atoms in total. The van der Waals surface area contributed by atoms with E-state index in [-0.39, 0.29) is 76.5 Å².